The third kappa shape index (κ3) is 5.83. The summed E-state index contributed by atoms with van der Waals surface area (Å²) in [5.74, 6) is 0. The Labute approximate surface area is 101 Å². The zero-order valence-electron chi connectivity index (χ0n) is 11.0. The van der Waals surface area contributed by atoms with Crippen molar-refractivity contribution >= 4 is 0 Å². The van der Waals surface area contributed by atoms with Gasteiger partial charge in [0.25, 0.3) is 0 Å². The van der Waals surface area contributed by atoms with Gasteiger partial charge in [0.15, 0.2) is 0 Å². The predicted molar refractivity (Wildman–Crippen MR) is 68.9 cm³/mol. The Morgan fingerprint density at radius 2 is 2.12 bits per heavy atom. The van der Waals surface area contributed by atoms with E-state index < -0.39 is 0 Å². The first-order valence-electron chi connectivity index (χ1n) is 6.91. The maximum Gasteiger partial charge on any atom is 0.0702 e. The van der Waals surface area contributed by atoms with Crippen LogP contribution in [-0.2, 0) is 4.74 Å². The lowest BCUT2D eigenvalue weighted by Crippen LogP contribution is -2.42. The van der Waals surface area contributed by atoms with E-state index in [1.54, 1.807) is 0 Å². The van der Waals surface area contributed by atoms with Gasteiger partial charge in [0.05, 0.1) is 6.10 Å². The molecule has 3 heteroatoms. The van der Waals surface area contributed by atoms with Gasteiger partial charge in [0.1, 0.15) is 0 Å². The van der Waals surface area contributed by atoms with Crippen molar-refractivity contribution in [3.8, 4) is 0 Å². The van der Waals surface area contributed by atoms with Crippen molar-refractivity contribution in [2.45, 2.75) is 45.6 Å². The Balaban J connectivity index is 2.07. The fraction of sp³-hybridized carbons (Fsp3) is 1.00. The number of ether oxygens (including phenoxy) is 1. The second-order valence-corrected chi connectivity index (χ2v) is 4.69. The molecule has 1 heterocycles. The molecule has 0 saturated carbocycles. The standard InChI is InChI=1S/C13H28N2O/c1-3-7-14-8-10-15-9-5-6-13(12-15)16-11-4-2/h13-14H,3-12H2,1-2H3. The highest BCUT2D eigenvalue weighted by Crippen LogP contribution is 2.12. The summed E-state index contributed by atoms with van der Waals surface area (Å²) in [6, 6.07) is 0. The van der Waals surface area contributed by atoms with Crippen molar-refractivity contribution in [3.63, 3.8) is 0 Å². The zero-order valence-corrected chi connectivity index (χ0v) is 11.0. The minimum absolute atomic E-state index is 0.486. The first kappa shape index (κ1) is 13.9. The number of hydrogen-bond acceptors (Lipinski definition) is 3. The normalized spacial score (nSPS) is 22.5. The minimum atomic E-state index is 0.486. The van der Waals surface area contributed by atoms with Gasteiger partial charge >= 0.3 is 0 Å². The van der Waals surface area contributed by atoms with Crippen LogP contribution in [0.2, 0.25) is 0 Å². The number of nitrogens with one attached hydrogen (secondary N) is 1. The van der Waals surface area contributed by atoms with Gasteiger partial charge in [0, 0.05) is 26.2 Å². The molecule has 3 nitrogen and oxygen atoms in total. The van der Waals surface area contributed by atoms with E-state index in [2.05, 4.69) is 24.1 Å². The van der Waals surface area contributed by atoms with Crippen molar-refractivity contribution in [2.24, 2.45) is 0 Å². The average molecular weight is 228 g/mol. The van der Waals surface area contributed by atoms with E-state index in [-0.39, 0.29) is 0 Å². The number of nitrogens with zero attached hydrogens (tertiary/aromatic N) is 1. The van der Waals surface area contributed by atoms with Crippen LogP contribution >= 0.6 is 0 Å². The van der Waals surface area contributed by atoms with E-state index in [9.17, 15) is 0 Å². The van der Waals surface area contributed by atoms with E-state index in [0.29, 0.717) is 6.10 Å². The van der Waals surface area contributed by atoms with Crippen LogP contribution in [0, 0.1) is 0 Å². The van der Waals surface area contributed by atoms with Crippen LogP contribution in [0.5, 0.6) is 0 Å². The van der Waals surface area contributed by atoms with Crippen molar-refractivity contribution < 1.29 is 4.74 Å². The van der Waals surface area contributed by atoms with Crippen molar-refractivity contribution in [3.05, 3.63) is 0 Å². The molecule has 1 aliphatic heterocycles. The predicted octanol–water partition coefficient (Wildman–Crippen LogP) is 1.88. The molecule has 1 unspecified atom stereocenters. The quantitative estimate of drug-likeness (QED) is 0.642. The Hall–Kier alpha value is -0.120. The van der Waals surface area contributed by atoms with Crippen molar-refractivity contribution in [1.82, 2.24) is 10.2 Å². The molecule has 0 bridgehead atoms. The van der Waals surface area contributed by atoms with Crippen LogP contribution < -0.4 is 5.32 Å². The molecule has 96 valence electrons. The smallest absolute Gasteiger partial charge is 0.0702 e. The largest absolute Gasteiger partial charge is 0.377 e. The highest BCUT2D eigenvalue weighted by molar-refractivity contribution is 4.73. The molecule has 1 saturated heterocycles. The summed E-state index contributed by atoms with van der Waals surface area (Å²) >= 11 is 0. The second kappa shape index (κ2) is 8.97. The molecule has 0 aliphatic carbocycles. The summed E-state index contributed by atoms with van der Waals surface area (Å²) in [7, 11) is 0. The lowest BCUT2D eigenvalue weighted by molar-refractivity contribution is 0.000384. The van der Waals surface area contributed by atoms with E-state index in [0.717, 1.165) is 32.7 Å². The van der Waals surface area contributed by atoms with Crippen LogP contribution in [0.25, 0.3) is 0 Å². The molecule has 0 aromatic heterocycles. The molecule has 0 spiro atoms. The Bertz CT molecular complexity index is 164. The van der Waals surface area contributed by atoms with Crippen LogP contribution in [0.3, 0.4) is 0 Å². The van der Waals surface area contributed by atoms with Gasteiger partial charge in [-0.25, -0.2) is 0 Å². The van der Waals surface area contributed by atoms with Crippen LogP contribution in [-0.4, -0.2) is 50.3 Å². The highest BCUT2D eigenvalue weighted by Gasteiger charge is 2.19. The molecule has 1 atom stereocenters. The number of rotatable bonds is 8. The van der Waals surface area contributed by atoms with Gasteiger partial charge in [-0.1, -0.05) is 13.8 Å². The maximum atomic E-state index is 5.83. The first-order valence-corrected chi connectivity index (χ1v) is 6.91. The highest BCUT2D eigenvalue weighted by atomic mass is 16.5. The summed E-state index contributed by atoms with van der Waals surface area (Å²) in [5, 5.41) is 3.46. The molecular formula is C13H28N2O. The van der Waals surface area contributed by atoms with E-state index >= 15 is 0 Å². The second-order valence-electron chi connectivity index (χ2n) is 4.69. The Morgan fingerprint density at radius 3 is 2.88 bits per heavy atom. The average Bonchev–Trinajstić information content (AvgIpc) is 2.33. The molecule has 1 N–H and O–H groups in total. The summed E-state index contributed by atoms with van der Waals surface area (Å²) in [4.78, 5) is 2.53. The van der Waals surface area contributed by atoms with Crippen LogP contribution in [0.4, 0.5) is 0 Å². The third-order valence-corrected chi connectivity index (χ3v) is 3.05. The number of hydrogen-bond donors (Lipinski definition) is 1. The van der Waals surface area contributed by atoms with Crippen molar-refractivity contribution in [1.29, 1.82) is 0 Å². The fourth-order valence-electron chi connectivity index (χ4n) is 2.18. The summed E-state index contributed by atoms with van der Waals surface area (Å²) in [5.41, 5.74) is 0. The van der Waals surface area contributed by atoms with Gasteiger partial charge < -0.3 is 10.1 Å². The summed E-state index contributed by atoms with van der Waals surface area (Å²) in [6.45, 7) is 11.1. The first-order chi connectivity index (χ1) is 7.86. The molecule has 0 amide bonds. The Morgan fingerprint density at radius 1 is 1.25 bits per heavy atom. The molecular weight excluding hydrogens is 200 g/mol. The molecule has 1 fully saturated rings. The lowest BCUT2D eigenvalue weighted by atomic mass is 10.1. The maximum absolute atomic E-state index is 5.83. The molecule has 0 aromatic rings. The van der Waals surface area contributed by atoms with E-state index in [1.165, 1.54) is 32.4 Å². The monoisotopic (exact) mass is 228 g/mol. The van der Waals surface area contributed by atoms with Gasteiger partial charge in [-0.15, -0.1) is 0 Å². The molecule has 1 rings (SSSR count). The van der Waals surface area contributed by atoms with Crippen molar-refractivity contribution in [2.75, 3.05) is 39.3 Å². The van der Waals surface area contributed by atoms with Gasteiger partial charge in [-0.2, -0.15) is 0 Å². The van der Waals surface area contributed by atoms with Gasteiger partial charge in [-0.3, -0.25) is 4.90 Å². The van der Waals surface area contributed by atoms with Gasteiger partial charge in [0.2, 0.25) is 0 Å². The van der Waals surface area contributed by atoms with E-state index in [1.807, 2.05) is 0 Å². The molecule has 0 aromatic carbocycles. The minimum Gasteiger partial charge on any atom is -0.377 e. The number of piperidine rings is 1. The lowest BCUT2D eigenvalue weighted by Gasteiger charge is -2.32. The molecule has 1 aliphatic rings. The SMILES string of the molecule is CCCNCCN1CCCC(OCCC)C1. The topological polar surface area (TPSA) is 24.5 Å². The van der Waals surface area contributed by atoms with Crippen LogP contribution in [0.1, 0.15) is 39.5 Å². The summed E-state index contributed by atoms with van der Waals surface area (Å²) in [6.07, 6.45) is 5.39. The van der Waals surface area contributed by atoms with Crippen LogP contribution in [0.15, 0.2) is 0 Å². The molecule has 16 heavy (non-hydrogen) atoms. The zero-order chi connectivity index (χ0) is 11.6. The van der Waals surface area contributed by atoms with Gasteiger partial charge in [-0.05, 0) is 38.8 Å². The third-order valence-electron chi connectivity index (χ3n) is 3.05. The van der Waals surface area contributed by atoms with E-state index in [4.69, 9.17) is 4.74 Å². The Kier molecular flexibility index (Phi) is 7.81. The fourth-order valence-corrected chi connectivity index (χ4v) is 2.18. The molecule has 0 radical (unpaired) electrons. The number of likely N-dealkylation sites (tertiary alicyclic amines) is 1. The summed E-state index contributed by atoms with van der Waals surface area (Å²) < 4.78 is 5.83.